The van der Waals surface area contributed by atoms with Gasteiger partial charge in [0, 0.05) is 6.42 Å². The fraction of sp³-hybridized carbons (Fsp3) is 0.435. The molecule has 5 heteroatoms. The van der Waals surface area contributed by atoms with Crippen LogP contribution in [0.4, 0.5) is 8.78 Å². The van der Waals surface area contributed by atoms with Gasteiger partial charge in [-0.3, -0.25) is 4.79 Å². The van der Waals surface area contributed by atoms with Gasteiger partial charge >= 0.3 is 0 Å². The Bertz CT molecular complexity index is 855. The number of benzene rings is 2. The summed E-state index contributed by atoms with van der Waals surface area (Å²) in [7, 11) is 0. The van der Waals surface area contributed by atoms with Crippen molar-refractivity contribution >= 4 is 5.78 Å². The van der Waals surface area contributed by atoms with Gasteiger partial charge in [-0.05, 0) is 60.9 Å². The normalized spacial score (nSPS) is 19.4. The van der Waals surface area contributed by atoms with Crippen LogP contribution in [0.25, 0.3) is 0 Å². The van der Waals surface area contributed by atoms with Gasteiger partial charge in [-0.25, -0.2) is 4.39 Å². The number of hydrogen-bond acceptors (Lipinski definition) is 3. The molecule has 0 heterocycles. The summed E-state index contributed by atoms with van der Waals surface area (Å²) in [5.41, 5.74) is 1.08. The predicted molar refractivity (Wildman–Crippen MR) is 104 cm³/mol. The molecule has 1 aliphatic carbocycles. The SMILES string of the molecule is CCOc1ccc(C(=O)Cc2ccc(C3CCC(C)CC3)c(F)c2)c(O)c1F. The van der Waals surface area contributed by atoms with Crippen LogP contribution in [-0.2, 0) is 6.42 Å². The molecule has 1 aliphatic rings. The Morgan fingerprint density at radius 3 is 2.50 bits per heavy atom. The second-order valence-electron chi connectivity index (χ2n) is 7.62. The van der Waals surface area contributed by atoms with E-state index in [9.17, 15) is 18.7 Å². The van der Waals surface area contributed by atoms with Crippen LogP contribution in [0.2, 0.25) is 0 Å². The Morgan fingerprint density at radius 2 is 1.86 bits per heavy atom. The van der Waals surface area contributed by atoms with Gasteiger partial charge in [0.05, 0.1) is 12.2 Å². The summed E-state index contributed by atoms with van der Waals surface area (Å²) in [6.07, 6.45) is 4.06. The molecule has 1 saturated carbocycles. The van der Waals surface area contributed by atoms with Gasteiger partial charge in [0.25, 0.3) is 0 Å². The fourth-order valence-corrected chi connectivity index (χ4v) is 3.90. The Labute approximate surface area is 164 Å². The van der Waals surface area contributed by atoms with E-state index in [0.717, 1.165) is 25.7 Å². The summed E-state index contributed by atoms with van der Waals surface area (Å²) in [4.78, 5) is 12.5. The quantitative estimate of drug-likeness (QED) is 0.637. The van der Waals surface area contributed by atoms with Crippen molar-refractivity contribution < 1.29 is 23.4 Å². The maximum Gasteiger partial charge on any atom is 0.207 e. The van der Waals surface area contributed by atoms with Gasteiger partial charge in [0.2, 0.25) is 5.82 Å². The van der Waals surface area contributed by atoms with Gasteiger partial charge in [-0.2, -0.15) is 4.39 Å². The van der Waals surface area contributed by atoms with Gasteiger partial charge < -0.3 is 9.84 Å². The van der Waals surface area contributed by atoms with E-state index in [4.69, 9.17) is 4.74 Å². The van der Waals surface area contributed by atoms with Gasteiger partial charge in [0.15, 0.2) is 17.3 Å². The van der Waals surface area contributed by atoms with Crippen LogP contribution >= 0.6 is 0 Å². The third-order valence-electron chi connectivity index (χ3n) is 5.57. The molecule has 0 spiro atoms. The molecule has 0 aliphatic heterocycles. The van der Waals surface area contributed by atoms with Crippen molar-refractivity contribution in [3.8, 4) is 11.5 Å². The van der Waals surface area contributed by atoms with E-state index in [1.165, 1.54) is 18.2 Å². The summed E-state index contributed by atoms with van der Waals surface area (Å²) in [5, 5.41) is 9.99. The van der Waals surface area contributed by atoms with Crippen LogP contribution in [0, 0.1) is 17.6 Å². The summed E-state index contributed by atoms with van der Waals surface area (Å²) in [6.45, 7) is 4.16. The zero-order valence-electron chi connectivity index (χ0n) is 16.3. The monoisotopic (exact) mass is 388 g/mol. The van der Waals surface area contributed by atoms with Crippen LogP contribution in [0.15, 0.2) is 30.3 Å². The molecule has 3 rings (SSSR count). The molecule has 0 atom stereocenters. The Morgan fingerprint density at radius 1 is 1.14 bits per heavy atom. The van der Waals surface area contributed by atoms with E-state index in [-0.39, 0.29) is 36.1 Å². The third-order valence-corrected chi connectivity index (χ3v) is 5.57. The fourth-order valence-electron chi connectivity index (χ4n) is 3.90. The molecule has 0 aromatic heterocycles. The molecule has 0 amide bonds. The summed E-state index contributed by atoms with van der Waals surface area (Å²) in [5.74, 6) is -1.65. The lowest BCUT2D eigenvalue weighted by atomic mass is 9.79. The number of ether oxygens (including phenoxy) is 1. The zero-order valence-corrected chi connectivity index (χ0v) is 16.3. The third kappa shape index (κ3) is 4.34. The second-order valence-corrected chi connectivity index (χ2v) is 7.62. The first-order chi connectivity index (χ1) is 13.4. The smallest absolute Gasteiger partial charge is 0.207 e. The molecule has 3 nitrogen and oxygen atoms in total. The number of phenolic OH excluding ortho intramolecular Hbond substituents is 1. The first-order valence-electron chi connectivity index (χ1n) is 9.86. The van der Waals surface area contributed by atoms with Crippen molar-refractivity contribution in [1.29, 1.82) is 0 Å². The summed E-state index contributed by atoms with van der Waals surface area (Å²) >= 11 is 0. The largest absolute Gasteiger partial charge is 0.504 e. The van der Waals surface area contributed by atoms with Crippen LogP contribution in [-0.4, -0.2) is 17.5 Å². The molecule has 0 radical (unpaired) electrons. The van der Waals surface area contributed by atoms with E-state index in [2.05, 4.69) is 6.92 Å². The number of aromatic hydroxyl groups is 1. The minimum absolute atomic E-state index is 0.103. The van der Waals surface area contributed by atoms with E-state index >= 15 is 0 Å². The topological polar surface area (TPSA) is 46.5 Å². The van der Waals surface area contributed by atoms with Gasteiger partial charge in [-0.1, -0.05) is 31.9 Å². The molecule has 0 bridgehead atoms. The highest BCUT2D eigenvalue weighted by molar-refractivity contribution is 6.00. The van der Waals surface area contributed by atoms with Crippen molar-refractivity contribution in [2.24, 2.45) is 5.92 Å². The van der Waals surface area contributed by atoms with E-state index in [1.807, 2.05) is 0 Å². The Kier molecular flexibility index (Phi) is 6.32. The zero-order chi connectivity index (χ0) is 20.3. The van der Waals surface area contributed by atoms with Crippen LogP contribution < -0.4 is 4.74 Å². The minimum atomic E-state index is -0.958. The lowest BCUT2D eigenvalue weighted by Gasteiger charge is -2.26. The van der Waals surface area contributed by atoms with Crippen molar-refractivity contribution in [1.82, 2.24) is 0 Å². The first kappa shape index (κ1) is 20.3. The average molecular weight is 388 g/mol. The second kappa shape index (κ2) is 8.72. The molecule has 0 saturated heterocycles. The van der Waals surface area contributed by atoms with E-state index in [1.54, 1.807) is 19.1 Å². The maximum atomic E-state index is 14.6. The average Bonchev–Trinajstić information content (AvgIpc) is 2.67. The standard InChI is InChI=1S/C23H26F2O3/c1-3-28-21-11-10-18(23(27)22(21)25)20(26)13-15-6-9-17(19(24)12-15)16-7-4-14(2)5-8-16/h6,9-12,14,16,27H,3-5,7-8,13H2,1-2H3. The number of halogens is 2. The lowest BCUT2D eigenvalue weighted by Crippen LogP contribution is -2.12. The van der Waals surface area contributed by atoms with Crippen molar-refractivity contribution in [3.63, 3.8) is 0 Å². The first-order valence-corrected chi connectivity index (χ1v) is 9.86. The van der Waals surface area contributed by atoms with Crippen molar-refractivity contribution in [2.75, 3.05) is 6.61 Å². The highest BCUT2D eigenvalue weighted by Gasteiger charge is 2.23. The lowest BCUT2D eigenvalue weighted by molar-refractivity contribution is 0.0989. The molecule has 1 N–H and O–H groups in total. The molecule has 28 heavy (non-hydrogen) atoms. The minimum Gasteiger partial charge on any atom is -0.504 e. The number of rotatable bonds is 6. The number of carbonyl (C=O) groups excluding carboxylic acids is 1. The van der Waals surface area contributed by atoms with Gasteiger partial charge in [0.1, 0.15) is 5.82 Å². The maximum absolute atomic E-state index is 14.6. The van der Waals surface area contributed by atoms with Gasteiger partial charge in [-0.15, -0.1) is 0 Å². The summed E-state index contributed by atoms with van der Waals surface area (Å²) in [6, 6.07) is 7.54. The molecular formula is C23H26F2O3. The molecule has 1 fully saturated rings. The molecular weight excluding hydrogens is 362 g/mol. The number of ketones is 1. The highest BCUT2D eigenvalue weighted by Crippen LogP contribution is 2.37. The van der Waals surface area contributed by atoms with Crippen LogP contribution in [0.1, 0.15) is 66.9 Å². The Balaban J connectivity index is 1.74. The van der Waals surface area contributed by atoms with Crippen LogP contribution in [0.3, 0.4) is 0 Å². The molecule has 2 aromatic carbocycles. The molecule has 150 valence electrons. The molecule has 2 aromatic rings. The van der Waals surface area contributed by atoms with Crippen molar-refractivity contribution in [2.45, 2.75) is 51.9 Å². The number of hydrogen-bond donors (Lipinski definition) is 1. The predicted octanol–water partition coefficient (Wildman–Crippen LogP) is 5.79. The number of carbonyl (C=O) groups is 1. The number of phenols is 1. The van der Waals surface area contributed by atoms with Crippen molar-refractivity contribution in [3.05, 3.63) is 58.7 Å². The van der Waals surface area contributed by atoms with Crippen LogP contribution in [0.5, 0.6) is 11.5 Å². The molecule has 0 unspecified atom stereocenters. The highest BCUT2D eigenvalue weighted by atomic mass is 19.1. The Hall–Kier alpha value is -2.43. The number of Topliss-reactive ketones (excluding diaryl/α,β-unsaturated/α-hetero) is 1. The van der Waals surface area contributed by atoms with E-state index < -0.39 is 17.3 Å². The summed E-state index contributed by atoms with van der Waals surface area (Å²) < 4.78 is 33.8. The van der Waals surface area contributed by atoms with E-state index in [0.29, 0.717) is 17.0 Å².